The predicted octanol–water partition coefficient (Wildman–Crippen LogP) is 2.22. The van der Waals surface area contributed by atoms with E-state index in [1.807, 2.05) is 5.01 Å². The second-order valence-electron chi connectivity index (χ2n) is 3.46. The van der Waals surface area contributed by atoms with Crippen molar-refractivity contribution in [3.05, 3.63) is 42.1 Å². The van der Waals surface area contributed by atoms with Gasteiger partial charge in [0.1, 0.15) is 0 Å². The molecule has 1 N–H and O–H groups in total. The summed E-state index contributed by atoms with van der Waals surface area (Å²) in [7, 11) is 0. The first-order valence-electron chi connectivity index (χ1n) is 4.56. The molecule has 1 aromatic rings. The summed E-state index contributed by atoms with van der Waals surface area (Å²) in [4.78, 5) is 0. The van der Waals surface area contributed by atoms with Crippen LogP contribution in [0, 0.1) is 6.92 Å². The molecule has 2 nitrogen and oxygen atoms in total. The normalized spacial score (nSPS) is 21.1. The average Bonchev–Trinajstić information content (AvgIpc) is 2.53. The van der Waals surface area contributed by atoms with Crippen molar-refractivity contribution in [1.82, 2.24) is 5.43 Å². The monoisotopic (exact) mass is 174 g/mol. The third-order valence-electron chi connectivity index (χ3n) is 2.18. The average molecular weight is 174 g/mol. The summed E-state index contributed by atoms with van der Waals surface area (Å²) < 4.78 is 0. The van der Waals surface area contributed by atoms with E-state index in [1.165, 1.54) is 11.3 Å². The number of nitrogens with one attached hydrogen (secondary N) is 1. The van der Waals surface area contributed by atoms with E-state index in [-0.39, 0.29) is 0 Å². The van der Waals surface area contributed by atoms with Crippen molar-refractivity contribution in [1.29, 1.82) is 0 Å². The van der Waals surface area contributed by atoms with Crippen molar-refractivity contribution in [2.45, 2.75) is 19.9 Å². The number of aryl methyl sites for hydroxylation is 1. The van der Waals surface area contributed by atoms with Crippen LogP contribution in [0.1, 0.15) is 12.5 Å². The molecule has 0 aromatic heterocycles. The zero-order chi connectivity index (χ0) is 9.26. The molecule has 1 aliphatic heterocycles. The molecule has 1 heterocycles. The van der Waals surface area contributed by atoms with E-state index < -0.39 is 0 Å². The van der Waals surface area contributed by atoms with Gasteiger partial charge in [0.25, 0.3) is 0 Å². The zero-order valence-electron chi connectivity index (χ0n) is 7.99. The van der Waals surface area contributed by atoms with Crippen LogP contribution in [-0.4, -0.2) is 6.04 Å². The van der Waals surface area contributed by atoms with E-state index in [2.05, 4.69) is 55.8 Å². The van der Waals surface area contributed by atoms with Crippen molar-refractivity contribution in [3.63, 3.8) is 0 Å². The summed E-state index contributed by atoms with van der Waals surface area (Å²) in [6.07, 6.45) is 4.20. The van der Waals surface area contributed by atoms with Gasteiger partial charge in [0, 0.05) is 12.2 Å². The quantitative estimate of drug-likeness (QED) is 0.702. The number of rotatable bonds is 1. The van der Waals surface area contributed by atoms with Gasteiger partial charge >= 0.3 is 0 Å². The van der Waals surface area contributed by atoms with Crippen LogP contribution in [0.25, 0.3) is 0 Å². The maximum absolute atomic E-state index is 3.31. The fourth-order valence-corrected chi connectivity index (χ4v) is 1.39. The van der Waals surface area contributed by atoms with Gasteiger partial charge in [0.05, 0.1) is 5.69 Å². The fraction of sp³-hybridized carbons (Fsp3) is 0.273. The van der Waals surface area contributed by atoms with E-state index in [9.17, 15) is 0 Å². The summed E-state index contributed by atoms with van der Waals surface area (Å²) in [5, 5.41) is 2.05. The molecular formula is C11H14N2. The van der Waals surface area contributed by atoms with Crippen LogP contribution in [0.15, 0.2) is 36.5 Å². The van der Waals surface area contributed by atoms with Crippen molar-refractivity contribution in [2.75, 3.05) is 5.01 Å². The van der Waals surface area contributed by atoms with E-state index in [1.54, 1.807) is 0 Å². The summed E-state index contributed by atoms with van der Waals surface area (Å²) in [6, 6.07) is 8.90. The van der Waals surface area contributed by atoms with E-state index in [0.717, 1.165) is 0 Å². The van der Waals surface area contributed by atoms with Gasteiger partial charge in [-0.15, -0.1) is 0 Å². The lowest BCUT2D eigenvalue weighted by Gasteiger charge is -2.18. The lowest BCUT2D eigenvalue weighted by atomic mass is 10.2. The second kappa shape index (κ2) is 3.23. The third kappa shape index (κ3) is 1.73. The largest absolute Gasteiger partial charge is 0.284 e. The van der Waals surface area contributed by atoms with Crippen molar-refractivity contribution < 1.29 is 0 Å². The predicted molar refractivity (Wildman–Crippen MR) is 55.4 cm³/mol. The lowest BCUT2D eigenvalue weighted by molar-refractivity contribution is 0.683. The Kier molecular flexibility index (Phi) is 2.07. The zero-order valence-corrected chi connectivity index (χ0v) is 7.99. The van der Waals surface area contributed by atoms with Crippen LogP contribution in [0.2, 0.25) is 0 Å². The van der Waals surface area contributed by atoms with E-state index in [4.69, 9.17) is 0 Å². The summed E-state index contributed by atoms with van der Waals surface area (Å²) >= 11 is 0. The molecule has 0 saturated carbocycles. The van der Waals surface area contributed by atoms with Gasteiger partial charge in [0.15, 0.2) is 0 Å². The van der Waals surface area contributed by atoms with Crippen molar-refractivity contribution >= 4 is 5.69 Å². The minimum atomic E-state index is 0.432. The molecule has 2 rings (SSSR count). The molecule has 0 bridgehead atoms. The molecular weight excluding hydrogens is 160 g/mol. The van der Waals surface area contributed by atoms with Gasteiger partial charge in [-0.1, -0.05) is 17.7 Å². The van der Waals surface area contributed by atoms with Crippen LogP contribution in [0.4, 0.5) is 5.69 Å². The molecule has 1 aromatic carbocycles. The fourth-order valence-electron chi connectivity index (χ4n) is 1.39. The molecule has 68 valence electrons. The number of hydrogen-bond acceptors (Lipinski definition) is 2. The first-order valence-corrected chi connectivity index (χ1v) is 4.56. The Hall–Kier alpha value is -1.28. The van der Waals surface area contributed by atoms with Crippen LogP contribution >= 0.6 is 0 Å². The molecule has 0 aliphatic carbocycles. The molecule has 0 spiro atoms. The van der Waals surface area contributed by atoms with Crippen LogP contribution < -0.4 is 10.4 Å². The molecule has 0 fully saturated rings. The Bertz CT molecular complexity index is 313. The molecule has 1 aliphatic rings. The third-order valence-corrected chi connectivity index (χ3v) is 2.18. The number of hydrazine groups is 1. The molecule has 1 unspecified atom stereocenters. The highest BCUT2D eigenvalue weighted by atomic mass is 15.5. The highest BCUT2D eigenvalue weighted by Crippen LogP contribution is 2.16. The molecule has 13 heavy (non-hydrogen) atoms. The maximum atomic E-state index is 3.31. The van der Waals surface area contributed by atoms with Gasteiger partial charge in [-0.2, -0.15) is 0 Å². The lowest BCUT2D eigenvalue weighted by Crippen LogP contribution is -2.33. The molecule has 0 amide bonds. The molecule has 0 radical (unpaired) electrons. The van der Waals surface area contributed by atoms with Gasteiger partial charge in [-0.25, -0.2) is 5.43 Å². The van der Waals surface area contributed by atoms with Crippen molar-refractivity contribution in [2.24, 2.45) is 0 Å². The van der Waals surface area contributed by atoms with Crippen LogP contribution in [0.3, 0.4) is 0 Å². The number of nitrogens with zero attached hydrogens (tertiary/aromatic N) is 1. The minimum Gasteiger partial charge on any atom is -0.284 e. The first-order chi connectivity index (χ1) is 6.25. The highest BCUT2D eigenvalue weighted by molar-refractivity contribution is 5.50. The Morgan fingerprint density at radius 2 is 1.92 bits per heavy atom. The molecule has 1 atom stereocenters. The summed E-state index contributed by atoms with van der Waals surface area (Å²) in [5.41, 5.74) is 5.79. The first kappa shape index (κ1) is 8.32. The highest BCUT2D eigenvalue weighted by Gasteiger charge is 2.10. The Labute approximate surface area is 78.8 Å². The van der Waals surface area contributed by atoms with Gasteiger partial charge in [0.2, 0.25) is 0 Å². The molecule has 0 saturated heterocycles. The van der Waals surface area contributed by atoms with Gasteiger partial charge < -0.3 is 0 Å². The topological polar surface area (TPSA) is 15.3 Å². The molecule has 2 heteroatoms. The number of hydrogen-bond donors (Lipinski definition) is 1. The number of benzene rings is 1. The smallest absolute Gasteiger partial charge is 0.0571 e. The Morgan fingerprint density at radius 1 is 1.23 bits per heavy atom. The minimum absolute atomic E-state index is 0.432. The van der Waals surface area contributed by atoms with Gasteiger partial charge in [-0.05, 0) is 32.1 Å². The van der Waals surface area contributed by atoms with E-state index >= 15 is 0 Å². The SMILES string of the molecule is Cc1ccc(N2C=CC(C)N2)cc1. The second-order valence-corrected chi connectivity index (χ2v) is 3.46. The maximum Gasteiger partial charge on any atom is 0.0571 e. The summed E-state index contributed by atoms with van der Waals surface area (Å²) in [6.45, 7) is 4.23. The Balaban J connectivity index is 2.18. The van der Waals surface area contributed by atoms with Crippen LogP contribution in [0.5, 0.6) is 0 Å². The Morgan fingerprint density at radius 3 is 2.46 bits per heavy atom. The van der Waals surface area contributed by atoms with Gasteiger partial charge in [-0.3, -0.25) is 5.01 Å². The standard InChI is InChI=1S/C11H14N2/c1-9-3-5-11(6-4-9)13-8-7-10(2)12-13/h3-8,10,12H,1-2H3. The number of anilines is 1. The van der Waals surface area contributed by atoms with E-state index in [0.29, 0.717) is 6.04 Å². The van der Waals surface area contributed by atoms with Crippen molar-refractivity contribution in [3.8, 4) is 0 Å². The summed E-state index contributed by atoms with van der Waals surface area (Å²) in [5.74, 6) is 0. The van der Waals surface area contributed by atoms with Crippen LogP contribution in [-0.2, 0) is 0 Å².